The Hall–Kier alpha value is -0.810. The van der Waals surface area contributed by atoms with Gasteiger partial charge in [0.05, 0.1) is 18.2 Å². The van der Waals surface area contributed by atoms with Crippen LogP contribution in [0.4, 0.5) is 4.79 Å². The maximum absolute atomic E-state index is 11.6. The van der Waals surface area contributed by atoms with E-state index in [-0.39, 0.29) is 30.1 Å². The summed E-state index contributed by atoms with van der Waals surface area (Å²) in [6, 6.07) is -0.169. The lowest BCUT2D eigenvalue weighted by molar-refractivity contribution is 0.0646. The van der Waals surface area contributed by atoms with Gasteiger partial charge in [-0.2, -0.15) is 0 Å². The second kappa shape index (κ2) is 5.69. The molecule has 1 saturated heterocycles. The van der Waals surface area contributed by atoms with Crippen molar-refractivity contribution in [1.82, 2.24) is 10.6 Å². The van der Waals surface area contributed by atoms with E-state index in [4.69, 9.17) is 4.74 Å². The second-order valence-electron chi connectivity index (χ2n) is 5.71. The zero-order valence-corrected chi connectivity index (χ0v) is 11.1. The molecule has 100 valence electrons. The molecule has 2 amide bonds. The Kier molecular flexibility index (Phi) is 4.77. The van der Waals surface area contributed by atoms with Crippen LogP contribution >= 0.6 is 0 Å². The van der Waals surface area contributed by atoms with Crippen molar-refractivity contribution in [1.29, 1.82) is 0 Å². The van der Waals surface area contributed by atoms with Gasteiger partial charge in [0.15, 0.2) is 0 Å². The Bertz CT molecular complexity index is 263. The van der Waals surface area contributed by atoms with Gasteiger partial charge in [0.2, 0.25) is 0 Å². The van der Waals surface area contributed by atoms with Crippen molar-refractivity contribution in [3.63, 3.8) is 0 Å². The molecule has 1 fully saturated rings. The fourth-order valence-corrected chi connectivity index (χ4v) is 1.64. The van der Waals surface area contributed by atoms with Gasteiger partial charge in [-0.05, 0) is 18.8 Å². The molecule has 1 aliphatic rings. The van der Waals surface area contributed by atoms with Gasteiger partial charge in [0.1, 0.15) is 0 Å². The summed E-state index contributed by atoms with van der Waals surface area (Å²) in [5, 5.41) is 15.3. The summed E-state index contributed by atoms with van der Waals surface area (Å²) >= 11 is 0. The highest BCUT2D eigenvalue weighted by atomic mass is 16.5. The lowest BCUT2D eigenvalue weighted by Gasteiger charge is -2.26. The molecule has 0 aliphatic carbocycles. The number of urea groups is 1. The van der Waals surface area contributed by atoms with Gasteiger partial charge in [-0.25, -0.2) is 4.79 Å². The zero-order chi connectivity index (χ0) is 13.1. The Labute approximate surface area is 103 Å². The number of nitrogens with one attached hydrogen (secondary N) is 2. The van der Waals surface area contributed by atoms with E-state index in [1.54, 1.807) is 0 Å². The summed E-state index contributed by atoms with van der Waals surface area (Å²) < 4.78 is 5.35. The largest absolute Gasteiger partial charge is 0.391 e. The molecule has 0 saturated carbocycles. The number of aliphatic hydroxyl groups is 1. The first kappa shape index (κ1) is 14.3. The Balaban J connectivity index is 2.26. The number of carbonyl (C=O) groups excluding carboxylic acids is 1. The topological polar surface area (TPSA) is 70.6 Å². The normalized spacial score (nSPS) is 26.6. The molecular formula is C12H24N2O3. The van der Waals surface area contributed by atoms with Crippen LogP contribution < -0.4 is 10.6 Å². The van der Waals surface area contributed by atoms with Gasteiger partial charge in [-0.3, -0.25) is 0 Å². The van der Waals surface area contributed by atoms with Crippen molar-refractivity contribution >= 4 is 6.03 Å². The summed E-state index contributed by atoms with van der Waals surface area (Å²) in [5.74, 6) is 0. The van der Waals surface area contributed by atoms with E-state index < -0.39 is 6.10 Å². The second-order valence-corrected chi connectivity index (χ2v) is 5.71. The first-order chi connectivity index (χ1) is 7.80. The number of hydrogen-bond acceptors (Lipinski definition) is 3. The number of hydrogen-bond donors (Lipinski definition) is 3. The Morgan fingerprint density at radius 3 is 2.65 bits per heavy atom. The lowest BCUT2D eigenvalue weighted by atomic mass is 9.89. The first-order valence-electron chi connectivity index (χ1n) is 6.14. The van der Waals surface area contributed by atoms with Crippen molar-refractivity contribution in [3.8, 4) is 0 Å². The maximum atomic E-state index is 11.6. The number of carbonyl (C=O) groups is 1. The van der Waals surface area contributed by atoms with Crippen LogP contribution in [0.1, 0.15) is 34.1 Å². The molecule has 0 aromatic rings. The molecule has 5 nitrogen and oxygen atoms in total. The molecule has 3 N–H and O–H groups in total. The van der Waals surface area contributed by atoms with E-state index in [0.717, 1.165) is 6.42 Å². The van der Waals surface area contributed by atoms with Crippen LogP contribution in [0.5, 0.6) is 0 Å². The fraction of sp³-hybridized carbons (Fsp3) is 0.917. The molecule has 3 atom stereocenters. The lowest BCUT2D eigenvalue weighted by Crippen LogP contribution is -2.48. The molecular weight excluding hydrogens is 220 g/mol. The predicted octanol–water partition coefficient (Wildman–Crippen LogP) is 0.870. The fourth-order valence-electron chi connectivity index (χ4n) is 1.64. The maximum Gasteiger partial charge on any atom is 0.315 e. The third-order valence-corrected chi connectivity index (χ3v) is 3.15. The van der Waals surface area contributed by atoms with Gasteiger partial charge in [-0.15, -0.1) is 0 Å². The van der Waals surface area contributed by atoms with E-state index in [1.165, 1.54) is 0 Å². The van der Waals surface area contributed by atoms with Crippen LogP contribution in [-0.2, 0) is 4.74 Å². The van der Waals surface area contributed by atoms with Gasteiger partial charge in [0.25, 0.3) is 0 Å². The van der Waals surface area contributed by atoms with Crippen LogP contribution in [0.25, 0.3) is 0 Å². The average molecular weight is 244 g/mol. The summed E-state index contributed by atoms with van der Waals surface area (Å²) in [7, 11) is 0. The molecule has 1 rings (SSSR count). The third-order valence-electron chi connectivity index (χ3n) is 3.15. The predicted molar refractivity (Wildman–Crippen MR) is 65.8 cm³/mol. The van der Waals surface area contributed by atoms with E-state index in [0.29, 0.717) is 6.61 Å². The van der Waals surface area contributed by atoms with Crippen molar-refractivity contribution in [2.24, 2.45) is 5.41 Å². The molecule has 0 aromatic carbocycles. The number of amides is 2. The van der Waals surface area contributed by atoms with Gasteiger partial charge < -0.3 is 20.5 Å². The smallest absolute Gasteiger partial charge is 0.315 e. The number of aliphatic hydroxyl groups excluding tert-OH is 1. The number of ether oxygens (including phenoxy) is 1. The summed E-state index contributed by atoms with van der Waals surface area (Å²) in [5.41, 5.74) is -0.225. The van der Waals surface area contributed by atoms with Crippen molar-refractivity contribution < 1.29 is 14.6 Å². The highest BCUT2D eigenvalue weighted by Crippen LogP contribution is 2.18. The summed E-state index contributed by atoms with van der Waals surface area (Å²) in [6.45, 7) is 8.70. The summed E-state index contributed by atoms with van der Waals surface area (Å²) in [4.78, 5) is 11.6. The van der Waals surface area contributed by atoms with Gasteiger partial charge >= 0.3 is 6.03 Å². The van der Waals surface area contributed by atoms with Gasteiger partial charge in [0, 0.05) is 13.2 Å². The minimum absolute atomic E-state index is 0.0632. The SMILES string of the molecule is CC1OCCC1NC(=O)NCC(O)C(C)(C)C. The van der Waals surface area contributed by atoms with E-state index in [1.807, 2.05) is 27.7 Å². The van der Waals surface area contributed by atoms with Gasteiger partial charge in [-0.1, -0.05) is 20.8 Å². The molecule has 0 radical (unpaired) electrons. The highest BCUT2D eigenvalue weighted by molar-refractivity contribution is 5.74. The molecule has 0 spiro atoms. The quantitative estimate of drug-likeness (QED) is 0.690. The summed E-state index contributed by atoms with van der Waals surface area (Å²) in [6.07, 6.45) is 0.356. The Morgan fingerprint density at radius 1 is 1.53 bits per heavy atom. The van der Waals surface area contributed by atoms with E-state index >= 15 is 0 Å². The van der Waals surface area contributed by atoms with Crippen LogP contribution in [0, 0.1) is 5.41 Å². The zero-order valence-electron chi connectivity index (χ0n) is 11.1. The Morgan fingerprint density at radius 2 is 2.18 bits per heavy atom. The minimum Gasteiger partial charge on any atom is -0.391 e. The standard InChI is InChI=1S/C12H24N2O3/c1-8-9(5-6-17-8)14-11(16)13-7-10(15)12(2,3)4/h8-10,15H,5-7H2,1-4H3,(H2,13,14,16). The monoisotopic (exact) mass is 244 g/mol. The molecule has 1 heterocycles. The first-order valence-corrected chi connectivity index (χ1v) is 6.14. The van der Waals surface area contributed by atoms with E-state index in [2.05, 4.69) is 10.6 Å². The molecule has 5 heteroatoms. The minimum atomic E-state index is -0.550. The number of rotatable bonds is 3. The van der Waals surface area contributed by atoms with Crippen LogP contribution in [-0.4, -0.2) is 42.5 Å². The van der Waals surface area contributed by atoms with Crippen LogP contribution in [0.3, 0.4) is 0 Å². The molecule has 17 heavy (non-hydrogen) atoms. The molecule has 3 unspecified atom stereocenters. The van der Waals surface area contributed by atoms with Crippen molar-refractivity contribution in [2.45, 2.75) is 52.4 Å². The van der Waals surface area contributed by atoms with E-state index in [9.17, 15) is 9.90 Å². The molecule has 1 aliphatic heterocycles. The van der Waals surface area contributed by atoms with Crippen LogP contribution in [0.15, 0.2) is 0 Å². The van der Waals surface area contributed by atoms with Crippen LogP contribution in [0.2, 0.25) is 0 Å². The molecule has 0 bridgehead atoms. The van der Waals surface area contributed by atoms with Crippen molar-refractivity contribution in [2.75, 3.05) is 13.2 Å². The highest BCUT2D eigenvalue weighted by Gasteiger charge is 2.26. The van der Waals surface area contributed by atoms with Crippen molar-refractivity contribution in [3.05, 3.63) is 0 Å². The average Bonchev–Trinajstić information content (AvgIpc) is 2.59. The molecule has 0 aromatic heterocycles. The third kappa shape index (κ3) is 4.52.